The molecule has 0 saturated heterocycles. The molecule has 2 aromatic heterocycles. The highest BCUT2D eigenvalue weighted by molar-refractivity contribution is 7.10. The molecule has 0 aliphatic heterocycles. The van der Waals surface area contributed by atoms with E-state index in [1.165, 1.54) is 21.7 Å². The van der Waals surface area contributed by atoms with Crippen LogP contribution in [0.4, 0.5) is 5.69 Å². The fraction of sp³-hybridized carbons (Fsp3) is 0.333. The molecule has 0 amide bonds. The number of hydrogen-bond donors (Lipinski definition) is 1. The SMILES string of the molecule is Cc1cscc1NC(C)c1sccc1C. The molecule has 1 unspecified atom stereocenters. The standard InChI is InChI=1S/C12H15NS2/c1-8-4-5-15-12(8)10(3)13-11-7-14-6-9(11)2/h4-7,10,13H,1-3H3. The van der Waals surface area contributed by atoms with Crippen LogP contribution < -0.4 is 5.32 Å². The molecule has 0 fully saturated rings. The van der Waals surface area contributed by atoms with Crippen molar-refractivity contribution in [3.63, 3.8) is 0 Å². The summed E-state index contributed by atoms with van der Waals surface area (Å²) in [5.41, 5.74) is 3.98. The zero-order valence-corrected chi connectivity index (χ0v) is 10.8. The summed E-state index contributed by atoms with van der Waals surface area (Å²) in [6.07, 6.45) is 0. The monoisotopic (exact) mass is 237 g/mol. The number of rotatable bonds is 3. The van der Waals surface area contributed by atoms with Crippen molar-refractivity contribution in [3.8, 4) is 0 Å². The van der Waals surface area contributed by atoms with Gasteiger partial charge in [-0.25, -0.2) is 0 Å². The van der Waals surface area contributed by atoms with Gasteiger partial charge in [0, 0.05) is 15.9 Å². The van der Waals surface area contributed by atoms with Gasteiger partial charge in [-0.05, 0) is 48.7 Å². The summed E-state index contributed by atoms with van der Waals surface area (Å²) >= 11 is 3.58. The Morgan fingerprint density at radius 3 is 2.53 bits per heavy atom. The van der Waals surface area contributed by atoms with Crippen LogP contribution in [-0.4, -0.2) is 0 Å². The Labute approximate surface area is 98.8 Å². The Balaban J connectivity index is 2.14. The van der Waals surface area contributed by atoms with E-state index in [4.69, 9.17) is 0 Å². The Hall–Kier alpha value is -0.800. The van der Waals surface area contributed by atoms with Crippen LogP contribution in [0, 0.1) is 13.8 Å². The molecule has 0 aromatic carbocycles. The molecule has 1 nitrogen and oxygen atoms in total. The van der Waals surface area contributed by atoms with Gasteiger partial charge in [0.1, 0.15) is 0 Å². The molecule has 2 rings (SSSR count). The number of hydrogen-bond acceptors (Lipinski definition) is 3. The first kappa shape index (κ1) is 10.7. The summed E-state index contributed by atoms with van der Waals surface area (Å²) < 4.78 is 0. The smallest absolute Gasteiger partial charge is 0.0581 e. The highest BCUT2D eigenvalue weighted by atomic mass is 32.1. The predicted molar refractivity (Wildman–Crippen MR) is 70.1 cm³/mol. The lowest BCUT2D eigenvalue weighted by Gasteiger charge is -2.14. The van der Waals surface area contributed by atoms with Crippen molar-refractivity contribution in [2.45, 2.75) is 26.8 Å². The minimum Gasteiger partial charge on any atom is -0.377 e. The summed E-state index contributed by atoms with van der Waals surface area (Å²) in [5, 5.41) is 10.1. The maximum absolute atomic E-state index is 3.55. The van der Waals surface area contributed by atoms with E-state index in [-0.39, 0.29) is 0 Å². The first-order valence-corrected chi connectivity index (χ1v) is 6.84. The van der Waals surface area contributed by atoms with Crippen LogP contribution in [0.15, 0.2) is 22.2 Å². The molecular weight excluding hydrogens is 222 g/mol. The minimum atomic E-state index is 0.401. The Kier molecular flexibility index (Phi) is 3.12. The third kappa shape index (κ3) is 2.24. The molecule has 2 heterocycles. The number of aryl methyl sites for hydroxylation is 2. The largest absolute Gasteiger partial charge is 0.377 e. The highest BCUT2D eigenvalue weighted by Crippen LogP contribution is 2.29. The zero-order chi connectivity index (χ0) is 10.8. The van der Waals surface area contributed by atoms with Crippen LogP contribution >= 0.6 is 22.7 Å². The van der Waals surface area contributed by atoms with Crippen molar-refractivity contribution in [3.05, 3.63) is 38.2 Å². The van der Waals surface area contributed by atoms with Crippen molar-refractivity contribution in [2.75, 3.05) is 5.32 Å². The minimum absolute atomic E-state index is 0.401. The topological polar surface area (TPSA) is 12.0 Å². The summed E-state index contributed by atoms with van der Waals surface area (Å²) in [4.78, 5) is 1.43. The molecule has 0 spiro atoms. The first-order valence-electron chi connectivity index (χ1n) is 5.02. The van der Waals surface area contributed by atoms with Gasteiger partial charge in [0.05, 0.1) is 6.04 Å². The second-order valence-electron chi connectivity index (χ2n) is 3.80. The molecular formula is C12H15NS2. The maximum Gasteiger partial charge on any atom is 0.0581 e. The van der Waals surface area contributed by atoms with E-state index in [9.17, 15) is 0 Å². The van der Waals surface area contributed by atoms with E-state index in [0.717, 1.165) is 0 Å². The third-order valence-electron chi connectivity index (χ3n) is 2.52. The molecule has 0 aliphatic carbocycles. The zero-order valence-electron chi connectivity index (χ0n) is 9.20. The normalized spacial score (nSPS) is 12.7. The number of nitrogens with one attached hydrogen (secondary N) is 1. The van der Waals surface area contributed by atoms with Crippen molar-refractivity contribution in [1.82, 2.24) is 0 Å². The van der Waals surface area contributed by atoms with Gasteiger partial charge in [0.25, 0.3) is 0 Å². The molecule has 2 aromatic rings. The molecule has 0 aliphatic rings. The van der Waals surface area contributed by atoms with E-state index in [0.29, 0.717) is 6.04 Å². The summed E-state index contributed by atoms with van der Waals surface area (Å²) in [5.74, 6) is 0. The summed E-state index contributed by atoms with van der Waals surface area (Å²) in [7, 11) is 0. The van der Waals surface area contributed by atoms with E-state index in [1.54, 1.807) is 11.3 Å². The third-order valence-corrected chi connectivity index (χ3v) is 4.59. The van der Waals surface area contributed by atoms with Gasteiger partial charge in [-0.1, -0.05) is 0 Å². The quantitative estimate of drug-likeness (QED) is 0.822. The predicted octanol–water partition coefficient (Wildman–Crippen LogP) is 4.60. The van der Waals surface area contributed by atoms with Gasteiger partial charge >= 0.3 is 0 Å². The van der Waals surface area contributed by atoms with Crippen molar-refractivity contribution in [2.24, 2.45) is 0 Å². The van der Waals surface area contributed by atoms with Crippen LogP contribution in [0.1, 0.15) is 29.0 Å². The Morgan fingerprint density at radius 2 is 2.00 bits per heavy atom. The fourth-order valence-electron chi connectivity index (χ4n) is 1.64. The van der Waals surface area contributed by atoms with Crippen LogP contribution in [0.25, 0.3) is 0 Å². The van der Waals surface area contributed by atoms with Gasteiger partial charge in [0.2, 0.25) is 0 Å². The average Bonchev–Trinajstić information content (AvgIpc) is 2.76. The van der Waals surface area contributed by atoms with Crippen LogP contribution in [-0.2, 0) is 0 Å². The second-order valence-corrected chi connectivity index (χ2v) is 5.49. The van der Waals surface area contributed by atoms with Crippen LogP contribution in [0.2, 0.25) is 0 Å². The molecule has 0 bridgehead atoms. The van der Waals surface area contributed by atoms with E-state index < -0.39 is 0 Å². The molecule has 0 radical (unpaired) electrons. The van der Waals surface area contributed by atoms with E-state index in [2.05, 4.69) is 48.3 Å². The molecule has 80 valence electrons. The first-order chi connectivity index (χ1) is 7.18. The lowest BCUT2D eigenvalue weighted by atomic mass is 10.2. The fourth-order valence-corrected chi connectivity index (χ4v) is 3.36. The molecule has 3 heteroatoms. The number of anilines is 1. The van der Waals surface area contributed by atoms with Crippen molar-refractivity contribution >= 4 is 28.4 Å². The summed E-state index contributed by atoms with van der Waals surface area (Å²) in [6.45, 7) is 6.53. The highest BCUT2D eigenvalue weighted by Gasteiger charge is 2.10. The Bertz CT molecular complexity index is 442. The second kappa shape index (κ2) is 4.37. The van der Waals surface area contributed by atoms with Crippen molar-refractivity contribution in [1.29, 1.82) is 0 Å². The van der Waals surface area contributed by atoms with Crippen LogP contribution in [0.5, 0.6) is 0 Å². The Morgan fingerprint density at radius 1 is 1.20 bits per heavy atom. The van der Waals surface area contributed by atoms with Gasteiger partial charge in [0.15, 0.2) is 0 Å². The average molecular weight is 237 g/mol. The van der Waals surface area contributed by atoms with Gasteiger partial charge in [-0.15, -0.1) is 22.7 Å². The molecule has 15 heavy (non-hydrogen) atoms. The summed E-state index contributed by atoms with van der Waals surface area (Å²) in [6, 6.07) is 2.58. The van der Waals surface area contributed by atoms with Gasteiger partial charge < -0.3 is 5.32 Å². The molecule has 1 atom stereocenters. The lowest BCUT2D eigenvalue weighted by Crippen LogP contribution is -2.05. The number of thiophene rings is 2. The van der Waals surface area contributed by atoms with Gasteiger partial charge in [-0.3, -0.25) is 0 Å². The molecule has 0 saturated carbocycles. The van der Waals surface area contributed by atoms with E-state index >= 15 is 0 Å². The maximum atomic E-state index is 3.55. The lowest BCUT2D eigenvalue weighted by molar-refractivity contribution is 0.898. The van der Waals surface area contributed by atoms with Crippen LogP contribution in [0.3, 0.4) is 0 Å². The van der Waals surface area contributed by atoms with E-state index in [1.807, 2.05) is 11.3 Å². The molecule has 1 N–H and O–H groups in total. The van der Waals surface area contributed by atoms with Crippen molar-refractivity contribution < 1.29 is 0 Å². The van der Waals surface area contributed by atoms with Gasteiger partial charge in [-0.2, -0.15) is 0 Å².